The average molecular weight is 304 g/mol. The number of hydrogen-bond donors (Lipinski definition) is 1. The molecule has 1 N–H and O–H groups in total. The fourth-order valence-electron chi connectivity index (χ4n) is 6.84. The van der Waals surface area contributed by atoms with Gasteiger partial charge in [-0.2, -0.15) is 0 Å². The largest absolute Gasteiger partial charge is 0.393 e. The second-order valence-electron chi connectivity index (χ2n) is 8.87. The smallest absolute Gasteiger partial charge is 0.141 e. The number of rotatable bonds is 0. The topological polar surface area (TPSA) is 54.4 Å². The molecule has 0 aromatic rings. The minimum Gasteiger partial charge on any atom is -0.393 e. The molecule has 0 unspecified atom stereocenters. The molecular formula is C19H28O3. The van der Waals surface area contributed by atoms with Gasteiger partial charge in [-0.1, -0.05) is 13.8 Å². The Morgan fingerprint density at radius 1 is 1.00 bits per heavy atom. The lowest BCUT2D eigenvalue weighted by atomic mass is 9.45. The summed E-state index contributed by atoms with van der Waals surface area (Å²) in [7, 11) is 0. The van der Waals surface area contributed by atoms with E-state index in [2.05, 4.69) is 13.8 Å². The number of aliphatic hydroxyl groups is 1. The third-order valence-corrected chi connectivity index (χ3v) is 8.19. The Kier molecular flexibility index (Phi) is 3.15. The van der Waals surface area contributed by atoms with Crippen molar-refractivity contribution in [2.75, 3.05) is 0 Å². The van der Waals surface area contributed by atoms with Crippen LogP contribution in [0, 0.1) is 34.5 Å². The minimum absolute atomic E-state index is 0.110. The van der Waals surface area contributed by atoms with Crippen LogP contribution < -0.4 is 0 Å². The highest BCUT2D eigenvalue weighted by molar-refractivity contribution is 5.88. The monoisotopic (exact) mass is 304 g/mol. The van der Waals surface area contributed by atoms with Crippen LogP contribution in [0.3, 0.4) is 0 Å². The average Bonchev–Trinajstić information content (AvgIpc) is 2.77. The van der Waals surface area contributed by atoms with Crippen molar-refractivity contribution in [1.82, 2.24) is 0 Å². The van der Waals surface area contributed by atoms with Gasteiger partial charge < -0.3 is 5.11 Å². The first-order chi connectivity index (χ1) is 10.4. The van der Waals surface area contributed by atoms with Gasteiger partial charge in [-0.25, -0.2) is 0 Å². The number of carbonyl (C=O) groups excluding carboxylic acids is 2. The third-order valence-electron chi connectivity index (χ3n) is 8.19. The lowest BCUT2D eigenvalue weighted by molar-refractivity contribution is -0.162. The zero-order chi connectivity index (χ0) is 15.7. The molecule has 4 aliphatic carbocycles. The Morgan fingerprint density at radius 2 is 1.77 bits per heavy atom. The molecule has 0 amide bonds. The molecule has 122 valence electrons. The predicted molar refractivity (Wildman–Crippen MR) is 83.1 cm³/mol. The molecule has 4 rings (SSSR count). The minimum atomic E-state index is -0.427. The molecule has 0 bridgehead atoms. The maximum absolute atomic E-state index is 12.8. The number of Topliss-reactive ketones (excluding diaryl/α,β-unsaturated/α-hetero) is 2. The van der Waals surface area contributed by atoms with E-state index in [-0.39, 0.29) is 10.8 Å². The van der Waals surface area contributed by atoms with Crippen LogP contribution in [0.5, 0.6) is 0 Å². The molecule has 22 heavy (non-hydrogen) atoms. The van der Waals surface area contributed by atoms with Gasteiger partial charge in [0.2, 0.25) is 0 Å². The number of aliphatic hydroxyl groups excluding tert-OH is 1. The highest BCUT2D eigenvalue weighted by Crippen LogP contribution is 2.64. The van der Waals surface area contributed by atoms with Crippen molar-refractivity contribution >= 4 is 11.6 Å². The summed E-state index contributed by atoms with van der Waals surface area (Å²) in [6.45, 7) is 4.37. The van der Waals surface area contributed by atoms with E-state index in [4.69, 9.17) is 0 Å². The van der Waals surface area contributed by atoms with Gasteiger partial charge in [-0.05, 0) is 62.2 Å². The molecule has 0 spiro atoms. The van der Waals surface area contributed by atoms with Gasteiger partial charge in [0.15, 0.2) is 0 Å². The van der Waals surface area contributed by atoms with Gasteiger partial charge in [-0.15, -0.1) is 0 Å². The van der Waals surface area contributed by atoms with Crippen molar-refractivity contribution < 1.29 is 14.7 Å². The van der Waals surface area contributed by atoms with Crippen LogP contribution in [0.15, 0.2) is 0 Å². The number of ketones is 2. The number of hydrogen-bond acceptors (Lipinski definition) is 3. The Morgan fingerprint density at radius 3 is 2.55 bits per heavy atom. The zero-order valence-electron chi connectivity index (χ0n) is 13.8. The van der Waals surface area contributed by atoms with Crippen LogP contribution in [-0.4, -0.2) is 22.8 Å². The third kappa shape index (κ3) is 1.72. The summed E-state index contributed by atoms with van der Waals surface area (Å²) in [5, 5.41) is 9.99. The lowest BCUT2D eigenvalue weighted by Crippen LogP contribution is -2.57. The normalized spacial score (nSPS) is 54.6. The summed E-state index contributed by atoms with van der Waals surface area (Å²) >= 11 is 0. The van der Waals surface area contributed by atoms with Crippen molar-refractivity contribution in [3.05, 3.63) is 0 Å². The molecule has 3 nitrogen and oxygen atoms in total. The van der Waals surface area contributed by atoms with Crippen molar-refractivity contribution in [2.24, 2.45) is 34.5 Å². The van der Waals surface area contributed by atoms with Gasteiger partial charge in [0.1, 0.15) is 11.6 Å². The zero-order valence-corrected chi connectivity index (χ0v) is 13.8. The van der Waals surface area contributed by atoms with E-state index in [0.717, 1.165) is 44.9 Å². The standard InChI is InChI=1S/C19H28O3/c1-18-8-7-15-13(14(18)5-6-16(18)21)4-3-11-9-12(20)10-17(22)19(11,15)2/h11-15,20H,3-10H2,1-2H3/t11-,12+,13+,14+,15+,18+,19+/m1/s1. The second kappa shape index (κ2) is 4.66. The molecule has 4 fully saturated rings. The Balaban J connectivity index is 1.69. The first-order valence-electron chi connectivity index (χ1n) is 9.12. The van der Waals surface area contributed by atoms with Crippen molar-refractivity contribution in [1.29, 1.82) is 0 Å². The maximum atomic E-state index is 12.8. The maximum Gasteiger partial charge on any atom is 0.141 e. The molecular weight excluding hydrogens is 276 g/mol. The number of carbonyl (C=O) groups is 2. The summed E-state index contributed by atoms with van der Waals surface area (Å²) in [6, 6.07) is 0. The Labute approximate surface area is 132 Å². The van der Waals surface area contributed by atoms with Gasteiger partial charge in [0, 0.05) is 23.7 Å². The quantitative estimate of drug-likeness (QED) is 0.748. The van der Waals surface area contributed by atoms with E-state index < -0.39 is 6.10 Å². The van der Waals surface area contributed by atoms with Gasteiger partial charge >= 0.3 is 0 Å². The number of fused-ring (bicyclic) bond motifs is 5. The second-order valence-corrected chi connectivity index (χ2v) is 8.87. The Hall–Kier alpha value is -0.700. The van der Waals surface area contributed by atoms with Crippen LogP contribution in [0.2, 0.25) is 0 Å². The molecule has 0 aliphatic heterocycles. The first kappa shape index (κ1) is 14.9. The summed E-state index contributed by atoms with van der Waals surface area (Å²) in [4.78, 5) is 25.2. The highest BCUT2D eigenvalue weighted by atomic mass is 16.3. The molecule has 3 heteroatoms. The predicted octanol–water partition coefficient (Wildman–Crippen LogP) is 3.14. The summed E-state index contributed by atoms with van der Waals surface area (Å²) in [6.07, 6.45) is 6.70. The van der Waals surface area contributed by atoms with E-state index in [1.807, 2.05) is 0 Å². The van der Waals surface area contributed by atoms with Crippen LogP contribution >= 0.6 is 0 Å². The van der Waals surface area contributed by atoms with Gasteiger partial charge in [-0.3, -0.25) is 9.59 Å². The van der Waals surface area contributed by atoms with Crippen molar-refractivity contribution in [3.63, 3.8) is 0 Å². The van der Waals surface area contributed by atoms with Crippen LogP contribution in [0.1, 0.15) is 65.2 Å². The molecule has 0 aromatic heterocycles. The lowest BCUT2D eigenvalue weighted by Gasteiger charge is -2.58. The molecule has 0 heterocycles. The summed E-state index contributed by atoms with van der Waals surface area (Å²) in [5.41, 5.74) is -0.350. The van der Waals surface area contributed by atoms with Gasteiger partial charge in [0.25, 0.3) is 0 Å². The van der Waals surface area contributed by atoms with E-state index >= 15 is 0 Å². The molecule has 0 saturated heterocycles. The fourth-order valence-corrected chi connectivity index (χ4v) is 6.84. The van der Waals surface area contributed by atoms with Crippen molar-refractivity contribution in [3.8, 4) is 0 Å². The van der Waals surface area contributed by atoms with E-state index in [9.17, 15) is 14.7 Å². The first-order valence-corrected chi connectivity index (χ1v) is 9.12. The van der Waals surface area contributed by atoms with E-state index in [1.165, 1.54) is 0 Å². The van der Waals surface area contributed by atoms with Crippen molar-refractivity contribution in [2.45, 2.75) is 71.3 Å². The van der Waals surface area contributed by atoms with Gasteiger partial charge in [0.05, 0.1) is 6.10 Å². The molecule has 4 aliphatic rings. The molecule has 7 atom stereocenters. The fraction of sp³-hybridized carbons (Fsp3) is 0.895. The summed E-state index contributed by atoms with van der Waals surface area (Å²) in [5.74, 6) is 2.59. The highest BCUT2D eigenvalue weighted by Gasteiger charge is 2.62. The molecule has 4 saturated carbocycles. The SMILES string of the molecule is C[C@]12C(=O)C[C@@H](O)C[C@H]1CC[C@@H]1[C@@H]2CC[C@]2(C)C(=O)CC[C@@H]12. The Bertz CT molecular complexity index is 527. The van der Waals surface area contributed by atoms with E-state index in [1.54, 1.807) is 0 Å². The van der Waals surface area contributed by atoms with Crippen LogP contribution in [0.25, 0.3) is 0 Å². The van der Waals surface area contributed by atoms with Crippen LogP contribution in [0.4, 0.5) is 0 Å². The van der Waals surface area contributed by atoms with E-state index in [0.29, 0.717) is 41.7 Å². The molecule has 0 radical (unpaired) electrons. The summed E-state index contributed by atoms with van der Waals surface area (Å²) < 4.78 is 0. The van der Waals surface area contributed by atoms with Crippen LogP contribution in [-0.2, 0) is 9.59 Å². The molecule has 0 aromatic carbocycles.